The molecule has 1 heterocycles. The SMILES string of the molecule is CCCCOC1(Cc2cccc(-c3csc(NC(=O)c4cc(Cl)c(C=C(C)C(=O)O)c(Cl)c4)n3)c2F)CCCCC1. The second-order valence-corrected chi connectivity index (χ2v) is 12.1. The van der Waals surface area contributed by atoms with Gasteiger partial charge in [-0.3, -0.25) is 10.1 Å². The van der Waals surface area contributed by atoms with Gasteiger partial charge in [-0.15, -0.1) is 11.3 Å². The molecule has 0 radical (unpaired) electrons. The Morgan fingerprint density at radius 1 is 1.20 bits per heavy atom. The van der Waals surface area contributed by atoms with Crippen molar-refractivity contribution >= 4 is 57.6 Å². The molecule has 218 valence electrons. The summed E-state index contributed by atoms with van der Waals surface area (Å²) >= 11 is 13.8. The van der Waals surface area contributed by atoms with Crippen LogP contribution >= 0.6 is 34.5 Å². The van der Waals surface area contributed by atoms with E-state index < -0.39 is 11.9 Å². The lowest BCUT2D eigenvalue weighted by atomic mass is 9.80. The Balaban J connectivity index is 1.51. The summed E-state index contributed by atoms with van der Waals surface area (Å²) in [5, 5.41) is 14.1. The topological polar surface area (TPSA) is 88.5 Å². The fraction of sp³-hybridized carbons (Fsp3) is 0.387. The Morgan fingerprint density at radius 3 is 2.56 bits per heavy atom. The minimum absolute atomic E-state index is 0.0514. The molecule has 41 heavy (non-hydrogen) atoms. The Hall–Kier alpha value is -2.78. The minimum Gasteiger partial charge on any atom is -0.478 e. The number of nitrogens with one attached hydrogen (secondary N) is 1. The van der Waals surface area contributed by atoms with Crippen LogP contribution < -0.4 is 5.32 Å². The van der Waals surface area contributed by atoms with E-state index in [-0.39, 0.29) is 32.6 Å². The van der Waals surface area contributed by atoms with E-state index in [9.17, 15) is 9.59 Å². The molecule has 4 rings (SSSR count). The normalized spacial score (nSPS) is 15.1. The fourth-order valence-corrected chi connectivity index (χ4v) is 6.32. The zero-order valence-electron chi connectivity index (χ0n) is 23.1. The van der Waals surface area contributed by atoms with E-state index in [0.717, 1.165) is 38.5 Å². The number of aliphatic carboxylic acids is 1. The summed E-state index contributed by atoms with van der Waals surface area (Å²) in [6, 6.07) is 8.16. The van der Waals surface area contributed by atoms with Gasteiger partial charge in [-0.05, 0) is 56.0 Å². The van der Waals surface area contributed by atoms with Crippen LogP contribution in [0, 0.1) is 5.82 Å². The van der Waals surface area contributed by atoms with Crippen molar-refractivity contribution < 1.29 is 23.8 Å². The first kappa shape index (κ1) is 31.2. The molecule has 1 aliphatic rings. The zero-order valence-corrected chi connectivity index (χ0v) is 25.4. The van der Waals surface area contributed by atoms with Gasteiger partial charge in [-0.1, -0.05) is 67.9 Å². The molecule has 1 saturated carbocycles. The first-order chi connectivity index (χ1) is 19.6. The van der Waals surface area contributed by atoms with Crippen LogP contribution in [0.5, 0.6) is 0 Å². The largest absolute Gasteiger partial charge is 0.478 e. The van der Waals surface area contributed by atoms with Crippen molar-refractivity contribution in [2.75, 3.05) is 11.9 Å². The molecule has 2 aromatic carbocycles. The van der Waals surface area contributed by atoms with E-state index in [2.05, 4.69) is 17.2 Å². The molecule has 1 aromatic heterocycles. The van der Waals surface area contributed by atoms with Gasteiger partial charge in [0, 0.05) is 40.7 Å². The summed E-state index contributed by atoms with van der Waals surface area (Å²) in [4.78, 5) is 28.5. The molecule has 1 amide bonds. The van der Waals surface area contributed by atoms with Crippen molar-refractivity contribution in [1.82, 2.24) is 4.98 Å². The van der Waals surface area contributed by atoms with E-state index in [4.69, 9.17) is 33.0 Å². The van der Waals surface area contributed by atoms with Gasteiger partial charge in [-0.25, -0.2) is 14.2 Å². The highest BCUT2D eigenvalue weighted by Crippen LogP contribution is 2.37. The number of carboxylic acid groups (broad SMARTS) is 1. The second-order valence-electron chi connectivity index (χ2n) is 10.4. The predicted molar refractivity (Wildman–Crippen MR) is 164 cm³/mol. The van der Waals surface area contributed by atoms with Crippen LogP contribution in [0.3, 0.4) is 0 Å². The van der Waals surface area contributed by atoms with E-state index in [0.29, 0.717) is 40.5 Å². The Labute approximate surface area is 253 Å². The van der Waals surface area contributed by atoms with E-state index in [1.54, 1.807) is 11.4 Å². The summed E-state index contributed by atoms with van der Waals surface area (Å²) < 4.78 is 22.2. The maximum absolute atomic E-state index is 15.8. The summed E-state index contributed by atoms with van der Waals surface area (Å²) in [5.74, 6) is -1.93. The molecule has 6 nitrogen and oxygen atoms in total. The molecular weight excluding hydrogens is 586 g/mol. The molecule has 0 bridgehead atoms. The molecule has 0 saturated heterocycles. The van der Waals surface area contributed by atoms with Crippen LogP contribution in [0.4, 0.5) is 9.52 Å². The number of ether oxygens (including phenoxy) is 1. The number of halogens is 3. The zero-order chi connectivity index (χ0) is 29.6. The number of benzene rings is 2. The Kier molecular flexibility index (Phi) is 10.6. The standard InChI is InChI=1S/C31H33Cl2FN2O4S/c1-3-4-13-40-31(11-6-5-7-12-31)17-20-9-8-10-22(27(20)34)26-18-41-30(35-26)36-28(37)21-15-24(32)23(25(33)16-21)14-19(2)29(38)39/h8-10,14-16,18H,3-7,11-13,17H2,1-2H3,(H,38,39)(H,35,36,37). The maximum atomic E-state index is 15.8. The van der Waals surface area contributed by atoms with Crippen LogP contribution in [-0.2, 0) is 16.0 Å². The number of carboxylic acids is 1. The lowest BCUT2D eigenvalue weighted by molar-refractivity contribution is -0.132. The average molecular weight is 620 g/mol. The Bertz CT molecular complexity index is 1430. The summed E-state index contributed by atoms with van der Waals surface area (Å²) in [5.41, 5.74) is 1.60. The molecule has 0 aliphatic heterocycles. The predicted octanol–water partition coefficient (Wildman–Crippen LogP) is 9.06. The molecule has 3 aromatic rings. The fourth-order valence-electron chi connectivity index (χ4n) is 5.02. The van der Waals surface area contributed by atoms with Gasteiger partial charge in [0.25, 0.3) is 5.91 Å². The number of carbonyl (C=O) groups excluding carboxylic acids is 1. The third-order valence-corrected chi connectivity index (χ3v) is 8.69. The smallest absolute Gasteiger partial charge is 0.331 e. The molecule has 0 unspecified atom stereocenters. The van der Waals surface area contributed by atoms with E-state index >= 15 is 4.39 Å². The minimum atomic E-state index is -1.10. The third-order valence-electron chi connectivity index (χ3n) is 7.30. The highest BCUT2D eigenvalue weighted by molar-refractivity contribution is 7.14. The highest BCUT2D eigenvalue weighted by atomic mass is 35.5. The average Bonchev–Trinajstić information content (AvgIpc) is 3.40. The van der Waals surface area contributed by atoms with Crippen molar-refractivity contribution in [3.8, 4) is 11.3 Å². The lowest BCUT2D eigenvalue weighted by Crippen LogP contribution is -2.38. The highest BCUT2D eigenvalue weighted by Gasteiger charge is 2.34. The molecule has 0 atom stereocenters. The number of amides is 1. The van der Waals surface area contributed by atoms with Crippen molar-refractivity contribution in [1.29, 1.82) is 0 Å². The van der Waals surface area contributed by atoms with Gasteiger partial charge in [0.15, 0.2) is 5.13 Å². The van der Waals surface area contributed by atoms with Gasteiger partial charge in [0.05, 0.1) is 21.3 Å². The molecule has 0 spiro atoms. The Morgan fingerprint density at radius 2 is 1.90 bits per heavy atom. The summed E-state index contributed by atoms with van der Waals surface area (Å²) in [6.45, 7) is 4.24. The van der Waals surface area contributed by atoms with Crippen molar-refractivity contribution in [2.24, 2.45) is 0 Å². The summed E-state index contributed by atoms with van der Waals surface area (Å²) in [7, 11) is 0. The number of anilines is 1. The van der Waals surface area contributed by atoms with Gasteiger partial charge in [-0.2, -0.15) is 0 Å². The number of carbonyl (C=O) groups is 2. The van der Waals surface area contributed by atoms with E-state index in [1.165, 1.54) is 42.9 Å². The second kappa shape index (κ2) is 13.9. The van der Waals surface area contributed by atoms with Gasteiger partial charge < -0.3 is 9.84 Å². The van der Waals surface area contributed by atoms with Crippen LogP contribution in [0.1, 0.15) is 80.3 Å². The molecule has 2 N–H and O–H groups in total. The first-order valence-corrected chi connectivity index (χ1v) is 15.4. The van der Waals surface area contributed by atoms with Crippen molar-refractivity contribution in [3.63, 3.8) is 0 Å². The van der Waals surface area contributed by atoms with E-state index in [1.807, 2.05) is 12.1 Å². The third kappa shape index (κ3) is 7.74. The number of hydrogen-bond acceptors (Lipinski definition) is 5. The van der Waals surface area contributed by atoms with Gasteiger partial charge in [0.2, 0.25) is 0 Å². The lowest BCUT2D eigenvalue weighted by Gasteiger charge is -2.38. The molecule has 10 heteroatoms. The number of rotatable bonds is 11. The summed E-state index contributed by atoms with van der Waals surface area (Å²) in [6.07, 6.45) is 9.11. The van der Waals surface area contributed by atoms with Gasteiger partial charge >= 0.3 is 5.97 Å². The molecule has 1 fully saturated rings. The van der Waals surface area contributed by atoms with Crippen LogP contribution in [0.25, 0.3) is 17.3 Å². The van der Waals surface area contributed by atoms with Crippen molar-refractivity contribution in [3.05, 3.63) is 73.8 Å². The molecule has 1 aliphatic carbocycles. The number of aromatic nitrogens is 1. The number of hydrogen-bond donors (Lipinski definition) is 2. The van der Waals surface area contributed by atoms with Crippen LogP contribution in [0.15, 0.2) is 41.3 Å². The van der Waals surface area contributed by atoms with Crippen LogP contribution in [0.2, 0.25) is 10.0 Å². The number of nitrogens with zero attached hydrogens (tertiary/aromatic N) is 1. The molecular formula is C31H33Cl2FN2O4S. The number of thiazole rings is 1. The van der Waals surface area contributed by atoms with Gasteiger partial charge in [0.1, 0.15) is 5.82 Å². The maximum Gasteiger partial charge on any atom is 0.331 e. The quantitative estimate of drug-likeness (QED) is 0.165. The van der Waals surface area contributed by atoms with Crippen molar-refractivity contribution in [2.45, 2.75) is 70.8 Å². The van der Waals surface area contributed by atoms with Crippen LogP contribution in [-0.4, -0.2) is 34.2 Å². The monoisotopic (exact) mass is 618 g/mol. The first-order valence-electron chi connectivity index (χ1n) is 13.7. The number of unbranched alkanes of at least 4 members (excludes halogenated alkanes) is 1.